The van der Waals surface area contributed by atoms with E-state index >= 15 is 0 Å². The number of nitrogens with zero attached hydrogens (tertiary/aromatic N) is 1. The molecule has 0 bridgehead atoms. The van der Waals surface area contributed by atoms with Gasteiger partial charge in [-0.15, -0.1) is 11.8 Å². The van der Waals surface area contributed by atoms with E-state index < -0.39 is 5.91 Å². The van der Waals surface area contributed by atoms with Crippen LogP contribution in [0.2, 0.25) is 0 Å². The third kappa shape index (κ3) is 3.00. The van der Waals surface area contributed by atoms with E-state index in [9.17, 15) is 9.59 Å². The number of aromatic nitrogens is 3. The van der Waals surface area contributed by atoms with Crippen LogP contribution >= 0.6 is 11.8 Å². The number of H-pyrrole nitrogens is 2. The fourth-order valence-corrected chi connectivity index (χ4v) is 3.14. The first-order valence-electron chi connectivity index (χ1n) is 7.28. The first-order valence-corrected chi connectivity index (χ1v) is 8.51. The molecule has 0 aliphatic carbocycles. The second-order valence-corrected chi connectivity index (χ2v) is 6.17. The van der Waals surface area contributed by atoms with Crippen molar-refractivity contribution in [2.45, 2.75) is 18.5 Å². The van der Waals surface area contributed by atoms with Crippen LogP contribution in [-0.2, 0) is 6.54 Å². The molecule has 8 heteroatoms. The number of aryl methyl sites for hydroxylation is 1. The summed E-state index contributed by atoms with van der Waals surface area (Å²) in [6.07, 6.45) is 1.80. The Labute approximate surface area is 142 Å². The molecule has 124 valence electrons. The number of carbonyl (C=O) groups is 1. The molecular weight excluding hydrogens is 326 g/mol. The quantitative estimate of drug-likeness (QED) is 0.529. The van der Waals surface area contributed by atoms with Gasteiger partial charge in [-0.25, -0.2) is 4.98 Å². The molecule has 0 fully saturated rings. The van der Waals surface area contributed by atoms with Crippen LogP contribution in [0, 0.1) is 6.92 Å². The first kappa shape index (κ1) is 16.1. The molecule has 1 amide bonds. The molecule has 0 spiro atoms. The smallest absolute Gasteiger partial charge is 0.261 e. The van der Waals surface area contributed by atoms with E-state index in [2.05, 4.69) is 20.3 Å². The summed E-state index contributed by atoms with van der Waals surface area (Å²) in [6.45, 7) is 2.36. The van der Waals surface area contributed by atoms with Gasteiger partial charge in [0, 0.05) is 5.69 Å². The average Bonchev–Trinajstić information content (AvgIpc) is 2.92. The van der Waals surface area contributed by atoms with Gasteiger partial charge in [-0.2, -0.15) is 0 Å². The van der Waals surface area contributed by atoms with Crippen LogP contribution in [-0.4, -0.2) is 27.1 Å². The van der Waals surface area contributed by atoms with E-state index in [1.54, 1.807) is 6.26 Å². The Bertz CT molecular complexity index is 976. The monoisotopic (exact) mass is 343 g/mol. The molecule has 24 heavy (non-hydrogen) atoms. The fourth-order valence-electron chi connectivity index (χ4n) is 2.54. The summed E-state index contributed by atoms with van der Waals surface area (Å²) < 4.78 is 0. The van der Waals surface area contributed by atoms with Crippen LogP contribution in [0.1, 0.15) is 21.7 Å². The van der Waals surface area contributed by atoms with Crippen LogP contribution in [0.25, 0.3) is 11.0 Å². The van der Waals surface area contributed by atoms with Gasteiger partial charge in [0.15, 0.2) is 0 Å². The maximum Gasteiger partial charge on any atom is 0.261 e. The second-order valence-electron chi connectivity index (χ2n) is 5.36. The van der Waals surface area contributed by atoms with Crippen LogP contribution < -0.4 is 16.6 Å². The van der Waals surface area contributed by atoms with Gasteiger partial charge in [0.05, 0.1) is 22.5 Å². The Hall–Kier alpha value is -2.74. The molecule has 0 aliphatic heterocycles. The van der Waals surface area contributed by atoms with Gasteiger partial charge in [0.1, 0.15) is 11.5 Å². The molecule has 0 radical (unpaired) electrons. The lowest BCUT2D eigenvalue weighted by Crippen LogP contribution is -2.18. The van der Waals surface area contributed by atoms with Gasteiger partial charge in [-0.3, -0.25) is 9.59 Å². The Balaban J connectivity index is 1.96. The number of hydrogen-bond acceptors (Lipinski definition) is 5. The standard InChI is InChI=1S/C16H17N5O2S/c1-8-4-3-5-9(6-8)18-7-10-19-14-12(15(23)20-10)11(13(17)22)16(21-14)24-2/h3-6,18H,7H2,1-2H3,(H2,17,22)(H2,19,20,21,23). The molecule has 0 saturated heterocycles. The van der Waals surface area contributed by atoms with E-state index in [0.717, 1.165) is 11.3 Å². The second kappa shape index (κ2) is 6.40. The highest BCUT2D eigenvalue weighted by Crippen LogP contribution is 2.24. The summed E-state index contributed by atoms with van der Waals surface area (Å²) >= 11 is 1.31. The van der Waals surface area contributed by atoms with Crippen molar-refractivity contribution in [1.82, 2.24) is 15.0 Å². The topological polar surface area (TPSA) is 117 Å². The molecule has 0 saturated carbocycles. The lowest BCUT2D eigenvalue weighted by Gasteiger charge is -2.06. The maximum atomic E-state index is 12.4. The molecule has 3 rings (SSSR count). The van der Waals surface area contributed by atoms with Gasteiger partial charge < -0.3 is 21.0 Å². The third-order valence-electron chi connectivity index (χ3n) is 3.61. The van der Waals surface area contributed by atoms with E-state index in [-0.39, 0.29) is 16.5 Å². The predicted octanol–water partition coefficient (Wildman–Crippen LogP) is 1.99. The predicted molar refractivity (Wildman–Crippen MR) is 95.5 cm³/mol. The number of aromatic amines is 2. The zero-order valence-corrected chi connectivity index (χ0v) is 14.1. The van der Waals surface area contributed by atoms with Crippen molar-refractivity contribution in [2.75, 3.05) is 11.6 Å². The van der Waals surface area contributed by atoms with Crippen LogP contribution in [0.15, 0.2) is 34.1 Å². The van der Waals surface area contributed by atoms with Crippen molar-refractivity contribution in [2.24, 2.45) is 5.73 Å². The molecule has 2 aromatic heterocycles. The first-order chi connectivity index (χ1) is 11.5. The van der Waals surface area contributed by atoms with Crippen molar-refractivity contribution in [3.8, 4) is 0 Å². The summed E-state index contributed by atoms with van der Waals surface area (Å²) in [4.78, 5) is 34.1. The van der Waals surface area contributed by atoms with Gasteiger partial charge in [0.25, 0.3) is 11.5 Å². The number of hydrogen-bond donors (Lipinski definition) is 4. The summed E-state index contributed by atoms with van der Waals surface area (Å²) in [5, 5.41) is 3.95. The summed E-state index contributed by atoms with van der Waals surface area (Å²) in [7, 11) is 0. The number of nitrogens with two attached hydrogens (primary N) is 1. The highest BCUT2D eigenvalue weighted by atomic mass is 32.2. The van der Waals surface area contributed by atoms with E-state index in [1.165, 1.54) is 11.8 Å². The van der Waals surface area contributed by atoms with E-state index in [0.29, 0.717) is 23.0 Å². The van der Waals surface area contributed by atoms with E-state index in [1.807, 2.05) is 31.2 Å². The van der Waals surface area contributed by atoms with Crippen molar-refractivity contribution in [1.29, 1.82) is 0 Å². The fraction of sp³-hybridized carbons (Fsp3) is 0.188. The average molecular weight is 343 g/mol. The van der Waals surface area contributed by atoms with Crippen molar-refractivity contribution >= 4 is 34.4 Å². The molecule has 0 atom stereocenters. The van der Waals surface area contributed by atoms with Gasteiger partial charge >= 0.3 is 0 Å². The van der Waals surface area contributed by atoms with Gasteiger partial charge in [0.2, 0.25) is 0 Å². The highest BCUT2D eigenvalue weighted by molar-refractivity contribution is 7.98. The number of fused-ring (bicyclic) bond motifs is 1. The molecular formula is C16H17N5O2S. The molecule has 5 N–H and O–H groups in total. The lowest BCUT2D eigenvalue weighted by atomic mass is 10.2. The summed E-state index contributed by atoms with van der Waals surface area (Å²) in [6, 6.07) is 7.90. The summed E-state index contributed by atoms with van der Waals surface area (Å²) in [5.41, 5.74) is 7.63. The minimum atomic E-state index is -0.650. The molecule has 1 aromatic carbocycles. The highest BCUT2D eigenvalue weighted by Gasteiger charge is 2.20. The van der Waals surface area contributed by atoms with Gasteiger partial charge in [-0.05, 0) is 30.9 Å². The van der Waals surface area contributed by atoms with Crippen molar-refractivity contribution in [3.05, 3.63) is 51.6 Å². The molecule has 3 aromatic rings. The number of primary amides is 1. The minimum Gasteiger partial charge on any atom is -0.378 e. The van der Waals surface area contributed by atoms with Crippen LogP contribution in [0.5, 0.6) is 0 Å². The Morgan fingerprint density at radius 3 is 2.83 bits per heavy atom. The van der Waals surface area contributed by atoms with Crippen LogP contribution in [0.4, 0.5) is 5.69 Å². The molecule has 0 aliphatic rings. The number of benzene rings is 1. The van der Waals surface area contributed by atoms with Crippen molar-refractivity contribution in [3.63, 3.8) is 0 Å². The largest absolute Gasteiger partial charge is 0.378 e. The maximum absolute atomic E-state index is 12.4. The number of carbonyl (C=O) groups excluding carboxylic acids is 1. The lowest BCUT2D eigenvalue weighted by molar-refractivity contribution is 0.0999. The van der Waals surface area contributed by atoms with E-state index in [4.69, 9.17) is 5.73 Å². The number of amides is 1. The van der Waals surface area contributed by atoms with Crippen molar-refractivity contribution < 1.29 is 4.79 Å². The molecule has 0 unspecified atom stereocenters. The number of nitrogens with one attached hydrogen (secondary N) is 3. The van der Waals surface area contributed by atoms with Crippen LogP contribution in [0.3, 0.4) is 0 Å². The normalized spacial score (nSPS) is 10.9. The third-order valence-corrected chi connectivity index (χ3v) is 4.32. The SMILES string of the molecule is CSc1[nH]c2nc(CNc3cccc(C)c3)[nH]c(=O)c2c1C(N)=O. The number of anilines is 1. The molecule has 7 nitrogen and oxygen atoms in total. The number of thioether (sulfide) groups is 1. The summed E-state index contributed by atoms with van der Waals surface area (Å²) in [5.74, 6) is -0.178. The minimum absolute atomic E-state index is 0.185. The van der Waals surface area contributed by atoms with Gasteiger partial charge in [-0.1, -0.05) is 12.1 Å². The Morgan fingerprint density at radius 1 is 1.38 bits per heavy atom. The molecule has 2 heterocycles. The zero-order valence-electron chi connectivity index (χ0n) is 13.3. The Kier molecular flexibility index (Phi) is 4.30. The Morgan fingerprint density at radius 2 is 2.17 bits per heavy atom. The zero-order chi connectivity index (χ0) is 17.3. The number of rotatable bonds is 5.